The van der Waals surface area contributed by atoms with Gasteiger partial charge in [-0.25, -0.2) is 8.42 Å². The Morgan fingerprint density at radius 2 is 1.74 bits per heavy atom. The molecule has 2 aliphatic heterocycles. The van der Waals surface area contributed by atoms with Gasteiger partial charge in [0.1, 0.15) is 5.69 Å². The van der Waals surface area contributed by atoms with Crippen LogP contribution in [0, 0.1) is 19.8 Å². The summed E-state index contributed by atoms with van der Waals surface area (Å²) in [6, 6.07) is 16.4. The molecule has 8 nitrogen and oxygen atoms in total. The fourth-order valence-electron chi connectivity index (χ4n) is 5.36. The van der Waals surface area contributed by atoms with Crippen LogP contribution in [0.15, 0.2) is 57.9 Å². The minimum absolute atomic E-state index is 0.00679. The third-order valence-electron chi connectivity index (χ3n) is 7.70. The summed E-state index contributed by atoms with van der Waals surface area (Å²) in [7, 11) is -3.81. The molecule has 0 radical (unpaired) electrons. The van der Waals surface area contributed by atoms with Crippen molar-refractivity contribution in [2.75, 3.05) is 32.7 Å². The van der Waals surface area contributed by atoms with Crippen molar-refractivity contribution in [1.29, 1.82) is 0 Å². The summed E-state index contributed by atoms with van der Waals surface area (Å²) in [5.74, 6) is 0.0311. The van der Waals surface area contributed by atoms with Crippen molar-refractivity contribution < 1.29 is 17.7 Å². The number of fused-ring (bicyclic) bond motifs is 1. The van der Waals surface area contributed by atoms with Crippen LogP contribution in [0.3, 0.4) is 0 Å². The molecule has 1 saturated heterocycles. The number of carbonyl (C=O) groups is 1. The summed E-state index contributed by atoms with van der Waals surface area (Å²) in [6.07, 6.45) is 5.48. The van der Waals surface area contributed by atoms with E-state index in [0.717, 1.165) is 37.2 Å². The predicted molar refractivity (Wildman–Crippen MR) is 151 cm³/mol. The number of nitrogens with zero attached hydrogens (tertiary/aromatic N) is 3. The van der Waals surface area contributed by atoms with Crippen LogP contribution in [0.1, 0.15) is 46.5 Å². The van der Waals surface area contributed by atoms with E-state index in [2.05, 4.69) is 39.6 Å². The monoisotopic (exact) mass is 548 g/mol. The maximum absolute atomic E-state index is 13.5. The van der Waals surface area contributed by atoms with Crippen LogP contribution in [0.5, 0.6) is 0 Å². The van der Waals surface area contributed by atoms with Gasteiger partial charge in [-0.1, -0.05) is 65.3 Å². The Balaban J connectivity index is 1.14. The molecule has 1 N–H and O–H groups in total. The lowest BCUT2D eigenvalue weighted by Crippen LogP contribution is -2.44. The fourth-order valence-corrected chi connectivity index (χ4v) is 7.08. The van der Waals surface area contributed by atoms with Crippen molar-refractivity contribution in [3.05, 3.63) is 82.2 Å². The zero-order chi connectivity index (χ0) is 27.4. The van der Waals surface area contributed by atoms with Crippen LogP contribution in [-0.2, 0) is 27.8 Å². The van der Waals surface area contributed by atoms with Gasteiger partial charge in [0.15, 0.2) is 10.7 Å². The van der Waals surface area contributed by atoms with Crippen LogP contribution in [0.25, 0.3) is 12.2 Å². The second-order valence-corrected chi connectivity index (χ2v) is 12.3. The van der Waals surface area contributed by atoms with Gasteiger partial charge >= 0.3 is 0 Å². The van der Waals surface area contributed by atoms with Gasteiger partial charge in [0.05, 0.1) is 0 Å². The third-order valence-corrected chi connectivity index (χ3v) is 9.75. The lowest BCUT2D eigenvalue weighted by atomic mass is 9.97. The van der Waals surface area contributed by atoms with Crippen molar-refractivity contribution in [1.82, 2.24) is 19.7 Å². The summed E-state index contributed by atoms with van der Waals surface area (Å²) < 4.78 is 33.9. The number of aryl methyl sites for hydroxylation is 2. The lowest BCUT2D eigenvalue weighted by molar-refractivity contribution is -0.126. The van der Waals surface area contributed by atoms with E-state index in [4.69, 9.17) is 4.52 Å². The SMILES string of the molecule is Cc1ccc(C=Cc2onc(C)c2S(=O)(=O)N2CCC(C(=O)NCCN3CCc4ccccc4C3)CC2)cc1. The molecule has 0 saturated carbocycles. The van der Waals surface area contributed by atoms with Crippen molar-refractivity contribution in [2.45, 2.75) is 44.6 Å². The van der Waals surface area contributed by atoms with Crippen molar-refractivity contribution >= 4 is 28.1 Å². The molecule has 3 heterocycles. The molecule has 0 atom stereocenters. The molecule has 1 aromatic heterocycles. The zero-order valence-corrected chi connectivity index (χ0v) is 23.4. The average Bonchev–Trinajstić information content (AvgIpc) is 3.33. The number of carbonyl (C=O) groups excluding carboxylic acids is 1. The third kappa shape index (κ3) is 6.32. The quantitative estimate of drug-likeness (QED) is 0.457. The van der Waals surface area contributed by atoms with Gasteiger partial charge < -0.3 is 9.84 Å². The van der Waals surface area contributed by atoms with Gasteiger partial charge in [0.2, 0.25) is 15.9 Å². The highest BCUT2D eigenvalue weighted by molar-refractivity contribution is 7.89. The molecule has 2 aromatic carbocycles. The smallest absolute Gasteiger partial charge is 0.248 e. The van der Waals surface area contributed by atoms with Crippen molar-refractivity contribution in [3.8, 4) is 0 Å². The first-order valence-electron chi connectivity index (χ1n) is 13.6. The molecule has 0 unspecified atom stereocenters. The second kappa shape index (κ2) is 11.9. The molecule has 5 rings (SSSR count). The number of rotatable bonds is 8. The summed E-state index contributed by atoms with van der Waals surface area (Å²) >= 11 is 0. The Labute approximate surface area is 230 Å². The highest BCUT2D eigenvalue weighted by Crippen LogP contribution is 2.29. The summed E-state index contributed by atoms with van der Waals surface area (Å²) in [6.45, 7) is 7.53. The second-order valence-electron chi connectivity index (χ2n) is 10.5. The van der Waals surface area contributed by atoms with Gasteiger partial charge in [0, 0.05) is 45.2 Å². The molecule has 9 heteroatoms. The van der Waals surface area contributed by atoms with E-state index in [1.54, 1.807) is 13.0 Å². The van der Waals surface area contributed by atoms with Crippen molar-refractivity contribution in [3.63, 3.8) is 0 Å². The molecule has 3 aromatic rings. The Hall–Kier alpha value is -3.27. The first-order chi connectivity index (χ1) is 18.8. The average molecular weight is 549 g/mol. The van der Waals surface area contributed by atoms with Gasteiger partial charge in [-0.15, -0.1) is 0 Å². The Morgan fingerprint density at radius 3 is 2.49 bits per heavy atom. The number of piperidine rings is 1. The van der Waals surface area contributed by atoms with Crippen LogP contribution in [-0.4, -0.2) is 61.4 Å². The first kappa shape index (κ1) is 27.3. The molecule has 39 heavy (non-hydrogen) atoms. The Bertz CT molecular complexity index is 1440. The standard InChI is InChI=1S/C30H36N4O4S/c1-22-7-9-24(10-8-22)11-12-28-29(23(2)32-38-28)39(36,37)34-18-14-26(15-19-34)30(35)31-16-20-33-17-13-25-5-3-4-6-27(25)21-33/h3-12,26H,13-21H2,1-2H3,(H,31,35). The fraction of sp³-hybridized carbons (Fsp3) is 0.400. The molecule has 1 fully saturated rings. The first-order valence-corrected chi connectivity index (χ1v) is 15.0. The number of sulfonamides is 1. The van der Waals surface area contributed by atoms with E-state index < -0.39 is 10.0 Å². The molecule has 206 valence electrons. The molecular formula is C30H36N4O4S. The maximum Gasteiger partial charge on any atom is 0.248 e. The van der Waals surface area contributed by atoms with E-state index in [0.29, 0.717) is 25.1 Å². The predicted octanol–water partition coefficient (Wildman–Crippen LogP) is 4.04. The van der Waals surface area contributed by atoms with E-state index in [-0.39, 0.29) is 35.6 Å². The van der Waals surface area contributed by atoms with Gasteiger partial charge in [-0.2, -0.15) is 4.31 Å². The molecule has 0 spiro atoms. The number of nitrogens with one attached hydrogen (secondary N) is 1. The topological polar surface area (TPSA) is 95.8 Å². The molecule has 1 amide bonds. The van der Waals surface area contributed by atoms with Gasteiger partial charge in [-0.3, -0.25) is 9.69 Å². The molecule has 0 aliphatic carbocycles. The summed E-state index contributed by atoms with van der Waals surface area (Å²) in [4.78, 5) is 15.3. The Kier molecular flexibility index (Phi) is 8.30. The summed E-state index contributed by atoms with van der Waals surface area (Å²) in [5.41, 5.74) is 5.20. The number of amides is 1. The Morgan fingerprint density at radius 1 is 1.03 bits per heavy atom. The number of benzene rings is 2. The zero-order valence-electron chi connectivity index (χ0n) is 22.6. The van der Waals surface area contributed by atoms with E-state index in [9.17, 15) is 13.2 Å². The maximum atomic E-state index is 13.5. The van der Waals surface area contributed by atoms with E-state index >= 15 is 0 Å². The highest BCUT2D eigenvalue weighted by atomic mass is 32.2. The van der Waals surface area contributed by atoms with Crippen molar-refractivity contribution in [2.24, 2.45) is 5.92 Å². The van der Waals surface area contributed by atoms with Crippen LogP contribution in [0.4, 0.5) is 0 Å². The van der Waals surface area contributed by atoms with E-state index in [1.807, 2.05) is 37.3 Å². The molecular weight excluding hydrogens is 512 g/mol. The minimum Gasteiger partial charge on any atom is -0.355 e. The number of aromatic nitrogens is 1. The highest BCUT2D eigenvalue weighted by Gasteiger charge is 2.36. The van der Waals surface area contributed by atoms with Crippen LogP contribution in [0.2, 0.25) is 0 Å². The van der Waals surface area contributed by atoms with Gasteiger partial charge in [-0.05, 0) is 55.9 Å². The lowest BCUT2D eigenvalue weighted by Gasteiger charge is -2.31. The number of hydrogen-bond donors (Lipinski definition) is 1. The van der Waals surface area contributed by atoms with Gasteiger partial charge in [0.25, 0.3) is 0 Å². The summed E-state index contributed by atoms with van der Waals surface area (Å²) in [5, 5.41) is 7.01. The van der Waals surface area contributed by atoms with E-state index in [1.165, 1.54) is 15.4 Å². The number of hydrogen-bond acceptors (Lipinski definition) is 6. The van der Waals surface area contributed by atoms with Crippen LogP contribution < -0.4 is 5.32 Å². The molecule has 0 bridgehead atoms. The largest absolute Gasteiger partial charge is 0.355 e. The normalized spacial score (nSPS) is 17.4. The minimum atomic E-state index is -3.81. The van der Waals surface area contributed by atoms with Crippen LogP contribution >= 0.6 is 0 Å². The molecule has 2 aliphatic rings.